The van der Waals surface area contributed by atoms with E-state index in [1.54, 1.807) is 0 Å². The van der Waals surface area contributed by atoms with E-state index in [1.165, 1.54) is 64.2 Å². The Balaban J connectivity index is 1.66. The van der Waals surface area contributed by atoms with E-state index >= 15 is 0 Å². The van der Waals surface area contributed by atoms with Gasteiger partial charge in [-0.2, -0.15) is 0 Å². The van der Waals surface area contributed by atoms with Crippen molar-refractivity contribution in [3.63, 3.8) is 0 Å². The van der Waals surface area contributed by atoms with Crippen LogP contribution in [0.2, 0.25) is 0 Å². The van der Waals surface area contributed by atoms with Gasteiger partial charge in [0.2, 0.25) is 0 Å². The van der Waals surface area contributed by atoms with Gasteiger partial charge in [0.1, 0.15) is 0 Å². The van der Waals surface area contributed by atoms with Crippen molar-refractivity contribution in [1.29, 1.82) is 0 Å². The third-order valence-corrected chi connectivity index (χ3v) is 9.32. The molecule has 0 saturated heterocycles. The summed E-state index contributed by atoms with van der Waals surface area (Å²) in [6.07, 6.45) is 14.6. The van der Waals surface area contributed by atoms with Crippen molar-refractivity contribution in [2.45, 2.75) is 91.0 Å². The van der Waals surface area contributed by atoms with Crippen molar-refractivity contribution in [3.8, 4) is 0 Å². The lowest BCUT2D eigenvalue weighted by molar-refractivity contribution is -0.113. The van der Waals surface area contributed by atoms with Gasteiger partial charge in [-0.25, -0.2) is 0 Å². The highest BCUT2D eigenvalue weighted by Gasteiger charge is 2.61. The van der Waals surface area contributed by atoms with Gasteiger partial charge in [-0.1, -0.05) is 40.0 Å². The maximum Gasteiger partial charge on any atom is 0.00780 e. The van der Waals surface area contributed by atoms with Crippen LogP contribution in [-0.2, 0) is 0 Å². The van der Waals surface area contributed by atoms with Gasteiger partial charge in [-0.15, -0.1) is 0 Å². The molecule has 0 amide bonds. The summed E-state index contributed by atoms with van der Waals surface area (Å²) in [5, 5.41) is 0. The quantitative estimate of drug-likeness (QED) is 0.691. The van der Waals surface area contributed by atoms with E-state index in [2.05, 4.69) is 20.8 Å². The van der Waals surface area contributed by atoms with Crippen molar-refractivity contribution in [3.05, 3.63) is 0 Å². The standard InChI is InChI=1S/C21H37N/c1-4-14-13-18(22)19-16-9-8-15-7-5-6-11-20(15,2)17(16)10-12-21(14,19)3/h14-19H,4-13,22H2,1-3H3/t14-,15?,16+,17-,18?,19+,20-,21+/m0/s1. The predicted octanol–water partition coefficient (Wildman–Crippen LogP) is 5.38. The molecule has 0 radical (unpaired) electrons. The molecule has 22 heavy (non-hydrogen) atoms. The summed E-state index contributed by atoms with van der Waals surface area (Å²) >= 11 is 0. The second-order valence-electron chi connectivity index (χ2n) is 9.87. The minimum Gasteiger partial charge on any atom is -0.327 e. The van der Waals surface area contributed by atoms with Crippen molar-refractivity contribution in [2.24, 2.45) is 46.2 Å². The van der Waals surface area contributed by atoms with E-state index < -0.39 is 0 Å². The van der Waals surface area contributed by atoms with Gasteiger partial charge >= 0.3 is 0 Å². The van der Waals surface area contributed by atoms with E-state index in [4.69, 9.17) is 5.73 Å². The molecule has 2 N–H and O–H groups in total. The number of nitrogens with two attached hydrogens (primary N) is 1. The number of hydrogen-bond acceptors (Lipinski definition) is 1. The molecule has 2 unspecified atom stereocenters. The smallest absolute Gasteiger partial charge is 0.00780 e. The lowest BCUT2D eigenvalue weighted by Gasteiger charge is -2.61. The lowest BCUT2D eigenvalue weighted by atomic mass is 9.44. The number of hydrogen-bond donors (Lipinski definition) is 1. The Hall–Kier alpha value is -0.0400. The summed E-state index contributed by atoms with van der Waals surface area (Å²) in [7, 11) is 0. The third-order valence-electron chi connectivity index (χ3n) is 9.32. The molecule has 4 fully saturated rings. The fourth-order valence-corrected chi connectivity index (χ4v) is 8.23. The maximum atomic E-state index is 6.76. The minimum atomic E-state index is 0.492. The van der Waals surface area contributed by atoms with Crippen molar-refractivity contribution in [1.82, 2.24) is 0 Å². The summed E-state index contributed by atoms with van der Waals surface area (Å²) < 4.78 is 0. The van der Waals surface area contributed by atoms with Crippen LogP contribution in [0.5, 0.6) is 0 Å². The highest BCUT2D eigenvalue weighted by Crippen LogP contribution is 2.67. The molecule has 0 heterocycles. The van der Waals surface area contributed by atoms with Crippen LogP contribution in [-0.4, -0.2) is 6.04 Å². The molecule has 1 heteroatoms. The molecule has 0 aliphatic heterocycles. The van der Waals surface area contributed by atoms with Crippen molar-refractivity contribution >= 4 is 0 Å². The Morgan fingerprint density at radius 1 is 0.955 bits per heavy atom. The topological polar surface area (TPSA) is 26.0 Å². The van der Waals surface area contributed by atoms with Gasteiger partial charge in [0, 0.05) is 6.04 Å². The van der Waals surface area contributed by atoms with Crippen molar-refractivity contribution < 1.29 is 0 Å². The van der Waals surface area contributed by atoms with Crippen LogP contribution >= 0.6 is 0 Å². The molecule has 0 spiro atoms. The Morgan fingerprint density at radius 3 is 2.55 bits per heavy atom. The normalized spacial score (nSPS) is 57.8. The molecular formula is C21H37N. The summed E-state index contributed by atoms with van der Waals surface area (Å²) in [6, 6.07) is 0.492. The summed E-state index contributed by atoms with van der Waals surface area (Å²) in [4.78, 5) is 0. The van der Waals surface area contributed by atoms with Gasteiger partial charge in [-0.05, 0) is 85.4 Å². The second-order valence-corrected chi connectivity index (χ2v) is 9.87. The third kappa shape index (κ3) is 1.93. The van der Waals surface area contributed by atoms with Crippen LogP contribution < -0.4 is 5.73 Å². The Labute approximate surface area is 137 Å². The van der Waals surface area contributed by atoms with E-state index in [0.717, 1.165) is 29.6 Å². The first-order chi connectivity index (χ1) is 10.5. The first kappa shape index (κ1) is 15.5. The van der Waals surface area contributed by atoms with Crippen LogP contribution in [0.15, 0.2) is 0 Å². The summed E-state index contributed by atoms with van der Waals surface area (Å²) in [5.74, 6) is 4.70. The SMILES string of the molecule is CC[C@H]1CC(N)[C@H]2[C@@H]3CCC4CCCC[C@]4(C)[C@H]3CC[C@]12C. The first-order valence-corrected chi connectivity index (χ1v) is 10.3. The largest absolute Gasteiger partial charge is 0.327 e. The monoisotopic (exact) mass is 303 g/mol. The second kappa shape index (κ2) is 5.23. The van der Waals surface area contributed by atoms with Crippen LogP contribution in [0.1, 0.15) is 85.0 Å². The fourth-order valence-electron chi connectivity index (χ4n) is 8.23. The molecule has 0 aromatic carbocycles. The highest BCUT2D eigenvalue weighted by molar-refractivity contribution is 5.11. The van der Waals surface area contributed by atoms with E-state index in [-0.39, 0.29) is 0 Å². The van der Waals surface area contributed by atoms with Crippen LogP contribution in [0.3, 0.4) is 0 Å². The zero-order valence-electron chi connectivity index (χ0n) is 15.1. The zero-order chi connectivity index (χ0) is 15.5. The molecule has 126 valence electrons. The molecule has 0 aromatic heterocycles. The summed E-state index contributed by atoms with van der Waals surface area (Å²) in [5.41, 5.74) is 7.98. The Bertz CT molecular complexity index is 432. The molecule has 4 rings (SSSR count). The molecule has 1 nitrogen and oxygen atoms in total. The van der Waals surface area contributed by atoms with Gasteiger partial charge in [0.05, 0.1) is 0 Å². The van der Waals surface area contributed by atoms with Gasteiger partial charge < -0.3 is 5.73 Å². The fraction of sp³-hybridized carbons (Fsp3) is 1.00. The van der Waals surface area contributed by atoms with Gasteiger partial charge in [0.25, 0.3) is 0 Å². The zero-order valence-corrected chi connectivity index (χ0v) is 15.1. The first-order valence-electron chi connectivity index (χ1n) is 10.3. The lowest BCUT2D eigenvalue weighted by Crippen LogP contribution is -2.55. The molecule has 8 atom stereocenters. The van der Waals surface area contributed by atoms with E-state index in [1.807, 2.05) is 0 Å². The molecule has 0 aromatic rings. The highest BCUT2D eigenvalue weighted by atomic mass is 14.8. The molecular weight excluding hydrogens is 266 g/mol. The molecule has 0 bridgehead atoms. The Morgan fingerprint density at radius 2 is 1.77 bits per heavy atom. The minimum absolute atomic E-state index is 0.492. The average Bonchev–Trinajstić information content (AvgIpc) is 2.77. The number of rotatable bonds is 1. The van der Waals surface area contributed by atoms with E-state index in [0.29, 0.717) is 16.9 Å². The van der Waals surface area contributed by atoms with Gasteiger partial charge in [0.15, 0.2) is 0 Å². The average molecular weight is 304 g/mol. The summed E-state index contributed by atoms with van der Waals surface area (Å²) in [6.45, 7) is 7.69. The predicted molar refractivity (Wildman–Crippen MR) is 93.5 cm³/mol. The van der Waals surface area contributed by atoms with Gasteiger partial charge in [-0.3, -0.25) is 0 Å². The van der Waals surface area contributed by atoms with Crippen LogP contribution in [0, 0.1) is 40.4 Å². The van der Waals surface area contributed by atoms with Crippen LogP contribution in [0.25, 0.3) is 0 Å². The van der Waals surface area contributed by atoms with E-state index in [9.17, 15) is 0 Å². The Kier molecular flexibility index (Phi) is 3.68. The molecule has 4 saturated carbocycles. The molecule has 4 aliphatic carbocycles. The molecule has 4 aliphatic rings. The van der Waals surface area contributed by atoms with Crippen LogP contribution in [0.4, 0.5) is 0 Å². The number of fused-ring (bicyclic) bond motifs is 5. The van der Waals surface area contributed by atoms with Crippen molar-refractivity contribution in [2.75, 3.05) is 0 Å². The maximum absolute atomic E-state index is 6.76.